The van der Waals surface area contributed by atoms with E-state index in [1.54, 1.807) is 0 Å². The van der Waals surface area contributed by atoms with Gasteiger partial charge < -0.3 is 5.32 Å². The van der Waals surface area contributed by atoms with Crippen LogP contribution in [0.3, 0.4) is 0 Å². The minimum absolute atomic E-state index is 0.486. The van der Waals surface area contributed by atoms with Gasteiger partial charge in [-0.3, -0.25) is 0 Å². The third-order valence-electron chi connectivity index (χ3n) is 3.56. The second-order valence-corrected chi connectivity index (χ2v) is 5.04. The fourth-order valence-corrected chi connectivity index (χ4v) is 2.39. The van der Waals surface area contributed by atoms with Gasteiger partial charge in [-0.05, 0) is 26.3 Å². The van der Waals surface area contributed by atoms with Crippen LogP contribution < -0.4 is 5.32 Å². The van der Waals surface area contributed by atoms with Gasteiger partial charge in [-0.25, -0.2) is 0 Å². The van der Waals surface area contributed by atoms with Gasteiger partial charge in [-0.1, -0.05) is 38.1 Å². The highest BCUT2D eigenvalue weighted by Gasteiger charge is 2.11. The van der Waals surface area contributed by atoms with Crippen LogP contribution in [0.4, 0.5) is 0 Å². The fourth-order valence-electron chi connectivity index (χ4n) is 2.39. The lowest BCUT2D eigenvalue weighted by atomic mass is 10.0. The third-order valence-corrected chi connectivity index (χ3v) is 3.56. The molecule has 0 saturated heterocycles. The Morgan fingerprint density at radius 2 is 1.84 bits per heavy atom. The molecule has 19 heavy (non-hydrogen) atoms. The predicted molar refractivity (Wildman–Crippen MR) is 80.4 cm³/mol. The van der Waals surface area contributed by atoms with E-state index in [-0.39, 0.29) is 0 Å². The van der Waals surface area contributed by atoms with Crippen molar-refractivity contribution in [1.82, 2.24) is 15.5 Å². The zero-order valence-electron chi connectivity index (χ0n) is 12.1. The largest absolute Gasteiger partial charge is 0.314 e. The molecular weight excluding hydrogens is 234 g/mol. The van der Waals surface area contributed by atoms with Crippen LogP contribution in [0, 0.1) is 6.92 Å². The Kier molecular flexibility index (Phi) is 4.86. The van der Waals surface area contributed by atoms with Gasteiger partial charge in [0.1, 0.15) is 0 Å². The molecule has 0 fully saturated rings. The van der Waals surface area contributed by atoms with Crippen molar-refractivity contribution in [2.24, 2.45) is 0 Å². The summed E-state index contributed by atoms with van der Waals surface area (Å²) in [6.07, 6.45) is 3.23. The Morgan fingerprint density at radius 1 is 1.11 bits per heavy atom. The van der Waals surface area contributed by atoms with Gasteiger partial charge >= 0.3 is 0 Å². The van der Waals surface area contributed by atoms with Crippen molar-refractivity contribution in [1.29, 1.82) is 0 Å². The molecule has 102 valence electrons. The van der Waals surface area contributed by atoms with E-state index >= 15 is 0 Å². The average molecular weight is 257 g/mol. The van der Waals surface area contributed by atoms with E-state index < -0.39 is 0 Å². The highest BCUT2D eigenvalue weighted by molar-refractivity contribution is 5.86. The highest BCUT2D eigenvalue weighted by atomic mass is 15.1. The molecule has 0 radical (unpaired) electrons. The van der Waals surface area contributed by atoms with Crippen molar-refractivity contribution >= 4 is 10.8 Å². The lowest BCUT2D eigenvalue weighted by Gasteiger charge is -2.17. The molecule has 1 aromatic heterocycles. The van der Waals surface area contributed by atoms with Crippen LogP contribution >= 0.6 is 0 Å². The van der Waals surface area contributed by atoms with Crippen molar-refractivity contribution in [3.8, 4) is 0 Å². The Balaban J connectivity index is 2.27. The van der Waals surface area contributed by atoms with Crippen LogP contribution in [-0.2, 0) is 6.42 Å². The first-order valence-corrected chi connectivity index (χ1v) is 7.20. The van der Waals surface area contributed by atoms with Gasteiger partial charge in [0.15, 0.2) is 0 Å². The molecule has 0 amide bonds. The van der Waals surface area contributed by atoms with Crippen LogP contribution in [0.1, 0.15) is 38.1 Å². The number of nitrogens with one attached hydrogen (secondary N) is 1. The quantitative estimate of drug-likeness (QED) is 0.863. The second kappa shape index (κ2) is 6.62. The third kappa shape index (κ3) is 3.29. The van der Waals surface area contributed by atoms with Crippen LogP contribution in [0.2, 0.25) is 0 Å². The molecule has 1 unspecified atom stereocenters. The standard InChI is InChI=1S/C16H23N3/c1-4-10-17-13(5-2)11-16-15-9-7-6-8-14(15)12(3)18-19-16/h6-9,13,17H,4-5,10-11H2,1-3H3. The summed E-state index contributed by atoms with van der Waals surface area (Å²) < 4.78 is 0. The number of aryl methyl sites for hydroxylation is 1. The first kappa shape index (κ1) is 13.9. The number of nitrogens with zero attached hydrogens (tertiary/aromatic N) is 2. The van der Waals surface area contributed by atoms with Crippen molar-refractivity contribution in [2.45, 2.75) is 46.1 Å². The van der Waals surface area contributed by atoms with Crippen molar-refractivity contribution in [2.75, 3.05) is 6.54 Å². The molecule has 1 N–H and O–H groups in total. The van der Waals surface area contributed by atoms with Crippen molar-refractivity contribution in [3.05, 3.63) is 35.7 Å². The number of rotatable bonds is 6. The first-order chi connectivity index (χ1) is 9.26. The Hall–Kier alpha value is -1.48. The summed E-state index contributed by atoms with van der Waals surface area (Å²) in [7, 11) is 0. The normalized spacial score (nSPS) is 12.8. The van der Waals surface area contributed by atoms with Gasteiger partial charge in [0.25, 0.3) is 0 Å². The fraction of sp³-hybridized carbons (Fsp3) is 0.500. The van der Waals surface area contributed by atoms with Crippen LogP contribution in [0.25, 0.3) is 10.8 Å². The maximum atomic E-state index is 4.41. The van der Waals surface area contributed by atoms with Crippen LogP contribution in [0.15, 0.2) is 24.3 Å². The molecule has 0 spiro atoms. The molecule has 2 rings (SSSR count). The number of fused-ring (bicyclic) bond motifs is 1. The van der Waals surface area contributed by atoms with Gasteiger partial charge in [0, 0.05) is 23.2 Å². The molecule has 3 heteroatoms. The summed E-state index contributed by atoms with van der Waals surface area (Å²) in [5.41, 5.74) is 2.12. The van der Waals surface area contributed by atoms with Gasteiger partial charge in [-0.15, -0.1) is 0 Å². The predicted octanol–water partition coefficient (Wildman–Crippen LogP) is 3.26. The average Bonchev–Trinajstić information content (AvgIpc) is 2.46. The molecule has 1 aromatic carbocycles. The summed E-state index contributed by atoms with van der Waals surface area (Å²) in [6.45, 7) is 7.50. The Labute approximate surface area is 115 Å². The molecule has 0 saturated carbocycles. The van der Waals surface area contributed by atoms with E-state index in [1.807, 2.05) is 6.92 Å². The Bertz CT molecular complexity index is 537. The number of aromatic nitrogens is 2. The SMILES string of the molecule is CCCNC(CC)Cc1nnc(C)c2ccccc12. The number of benzene rings is 1. The summed E-state index contributed by atoms with van der Waals surface area (Å²) in [5, 5.41) is 14.8. The molecule has 0 bridgehead atoms. The van der Waals surface area contributed by atoms with Gasteiger partial charge in [0.2, 0.25) is 0 Å². The number of hydrogen-bond donors (Lipinski definition) is 1. The lowest BCUT2D eigenvalue weighted by Crippen LogP contribution is -2.31. The molecular formula is C16H23N3. The maximum Gasteiger partial charge on any atom is 0.0725 e. The zero-order valence-corrected chi connectivity index (χ0v) is 12.1. The minimum atomic E-state index is 0.486. The topological polar surface area (TPSA) is 37.8 Å². The smallest absolute Gasteiger partial charge is 0.0725 e. The van der Waals surface area contributed by atoms with E-state index in [4.69, 9.17) is 0 Å². The minimum Gasteiger partial charge on any atom is -0.314 e. The zero-order chi connectivity index (χ0) is 13.7. The molecule has 1 atom stereocenters. The van der Waals surface area contributed by atoms with E-state index in [9.17, 15) is 0 Å². The number of hydrogen-bond acceptors (Lipinski definition) is 3. The van der Waals surface area contributed by atoms with Gasteiger partial charge in [0.05, 0.1) is 11.4 Å². The molecule has 3 nitrogen and oxygen atoms in total. The first-order valence-electron chi connectivity index (χ1n) is 7.20. The van der Waals surface area contributed by atoms with Crippen molar-refractivity contribution < 1.29 is 0 Å². The van der Waals surface area contributed by atoms with E-state index in [1.165, 1.54) is 10.8 Å². The molecule has 2 aromatic rings. The van der Waals surface area contributed by atoms with Crippen molar-refractivity contribution in [3.63, 3.8) is 0 Å². The highest BCUT2D eigenvalue weighted by Crippen LogP contribution is 2.20. The second-order valence-electron chi connectivity index (χ2n) is 5.04. The maximum absolute atomic E-state index is 4.41. The van der Waals surface area contributed by atoms with Gasteiger partial charge in [-0.2, -0.15) is 10.2 Å². The molecule has 0 aliphatic carbocycles. The van der Waals surface area contributed by atoms with E-state index in [2.05, 4.69) is 53.6 Å². The summed E-state index contributed by atoms with van der Waals surface area (Å²) in [4.78, 5) is 0. The van der Waals surface area contributed by atoms with E-state index in [0.29, 0.717) is 6.04 Å². The molecule has 1 heterocycles. The van der Waals surface area contributed by atoms with Crippen LogP contribution in [0.5, 0.6) is 0 Å². The summed E-state index contributed by atoms with van der Waals surface area (Å²) in [5.74, 6) is 0. The Morgan fingerprint density at radius 3 is 2.53 bits per heavy atom. The monoisotopic (exact) mass is 257 g/mol. The summed E-state index contributed by atoms with van der Waals surface area (Å²) in [6, 6.07) is 8.91. The van der Waals surface area contributed by atoms with Crippen LogP contribution in [-0.4, -0.2) is 22.8 Å². The lowest BCUT2D eigenvalue weighted by molar-refractivity contribution is 0.490. The molecule has 0 aliphatic heterocycles. The van der Waals surface area contributed by atoms with E-state index in [0.717, 1.165) is 37.2 Å². The summed E-state index contributed by atoms with van der Waals surface area (Å²) >= 11 is 0. The molecule has 0 aliphatic rings.